The van der Waals surface area contributed by atoms with Gasteiger partial charge in [-0.1, -0.05) is 86.5 Å². The van der Waals surface area contributed by atoms with Crippen LogP contribution in [0.3, 0.4) is 0 Å². The van der Waals surface area contributed by atoms with E-state index in [1.165, 1.54) is 45.5 Å². The minimum atomic E-state index is -3.62. The number of aromatic nitrogens is 6. The molecular weight excluding hydrogens is 1360 g/mol. The van der Waals surface area contributed by atoms with E-state index in [2.05, 4.69) is 158 Å². The van der Waals surface area contributed by atoms with Gasteiger partial charge in [-0.3, -0.25) is 0 Å². The van der Waals surface area contributed by atoms with Crippen molar-refractivity contribution in [3.05, 3.63) is 176 Å². The van der Waals surface area contributed by atoms with Gasteiger partial charge in [0.1, 0.15) is 11.0 Å². The number of anilines is 3. The Bertz CT molecular complexity index is 4150. The van der Waals surface area contributed by atoms with E-state index in [1.807, 2.05) is 78.1 Å². The van der Waals surface area contributed by atoms with Gasteiger partial charge in [0.2, 0.25) is 31.9 Å². The second-order valence-corrected chi connectivity index (χ2v) is 29.1. The molecule has 0 amide bonds. The number of nitrogens with one attached hydrogen (secondary N) is 3. The zero-order valence-electron chi connectivity index (χ0n) is 51.8. The van der Waals surface area contributed by atoms with Gasteiger partial charge in [0.05, 0.1) is 25.7 Å². The zero-order valence-corrected chi connectivity index (χ0v) is 59.0. The van der Waals surface area contributed by atoms with Crippen molar-refractivity contribution >= 4 is 124 Å². The van der Waals surface area contributed by atoms with E-state index in [9.17, 15) is 25.3 Å². The number of sulfonamides is 2. The number of hydrogen-bond donors (Lipinski definition) is 5. The maximum atomic E-state index is 12.6. The molecule has 0 aliphatic carbocycles. The summed E-state index contributed by atoms with van der Waals surface area (Å²) in [4.78, 5) is 15.4. The average molecular weight is 1440 g/mol. The third kappa shape index (κ3) is 23.5. The first-order chi connectivity index (χ1) is 41.4. The van der Waals surface area contributed by atoms with Crippen LogP contribution in [-0.4, -0.2) is 152 Å². The topological polar surface area (TPSA) is 278 Å². The molecule has 0 unspecified atom stereocenters. The van der Waals surface area contributed by atoms with Crippen LogP contribution < -0.4 is 26.2 Å². The first-order valence-corrected chi connectivity index (χ1v) is 34.4. The molecule has 0 saturated carbocycles. The number of nitrogens with zero attached hydrogens (tertiary/aromatic N) is 9. The molecule has 2 aromatic heterocycles. The van der Waals surface area contributed by atoms with Gasteiger partial charge in [0, 0.05) is 64.6 Å². The van der Waals surface area contributed by atoms with Crippen molar-refractivity contribution in [1.29, 1.82) is 0 Å². The molecular formula is C62H78Br2Cl2N14O6S3. The number of nitrogen functional groups attached to an aromatic ring is 1. The van der Waals surface area contributed by atoms with Crippen LogP contribution in [0.15, 0.2) is 157 Å². The molecule has 0 aliphatic rings. The van der Waals surface area contributed by atoms with Crippen molar-refractivity contribution in [3.8, 4) is 22.3 Å². The van der Waals surface area contributed by atoms with E-state index in [-0.39, 0.29) is 33.0 Å². The number of hydrogen-bond acceptors (Lipinski definition) is 18. The highest BCUT2D eigenvalue weighted by Crippen LogP contribution is 2.33. The lowest BCUT2D eigenvalue weighted by Crippen LogP contribution is -2.31. The summed E-state index contributed by atoms with van der Waals surface area (Å²) in [5, 5.41) is 19.7. The summed E-state index contributed by atoms with van der Waals surface area (Å²) < 4.78 is 77.0. The monoisotopic (exact) mass is 1440 g/mol. The van der Waals surface area contributed by atoms with Gasteiger partial charge in [-0.2, -0.15) is 0 Å². The molecule has 0 radical (unpaired) electrons. The molecule has 2 heterocycles. The van der Waals surface area contributed by atoms with E-state index in [4.69, 9.17) is 22.1 Å². The normalized spacial score (nSPS) is 11.4. The Morgan fingerprint density at radius 2 is 0.876 bits per heavy atom. The highest BCUT2D eigenvalue weighted by atomic mass is 79.9. The van der Waals surface area contributed by atoms with Crippen molar-refractivity contribution in [2.75, 3.05) is 92.6 Å². The Hall–Kier alpha value is -6.17. The van der Waals surface area contributed by atoms with Crippen LogP contribution in [0.2, 0.25) is 0 Å². The third-order valence-corrected chi connectivity index (χ3v) is 18.2. The lowest BCUT2D eigenvalue weighted by atomic mass is 9.94. The third-order valence-electron chi connectivity index (χ3n) is 12.9. The van der Waals surface area contributed by atoms with Gasteiger partial charge < -0.3 is 31.5 Å². The highest BCUT2D eigenvalue weighted by Gasteiger charge is 2.17. The summed E-state index contributed by atoms with van der Waals surface area (Å²) in [6.45, 7) is 16.2. The highest BCUT2D eigenvalue weighted by molar-refractivity contribution is 9.10. The molecule has 0 fully saturated rings. The Morgan fingerprint density at radius 1 is 0.483 bits per heavy atom. The summed E-state index contributed by atoms with van der Waals surface area (Å²) in [7, 11) is 6.08. The molecule has 0 atom stereocenters. The summed E-state index contributed by atoms with van der Waals surface area (Å²) in [5.41, 5.74) is 26.0. The number of halogens is 4. The SMILES string of the molecule is CN(C)CCN.CN(C)CCNS(=O)(=O)c1cccc(Br)c1.Cc1cccc(C)c1-c1cc(C)c2nc(N)nnc2c1.Cc1cccc(C)c1-c1cc(C)c2nc(Nc3cccc(S(=O)(=O)NCCN(C)C)c3)nnc2c1.Cl.O=S(=O)(Cl)c1cccc(Br)c1. The molecule has 9 aromatic rings. The fourth-order valence-electron chi connectivity index (χ4n) is 8.67. The molecule has 7 N–H and O–H groups in total. The number of fused-ring (bicyclic) bond motifs is 2. The number of benzene rings is 7. The Morgan fingerprint density at radius 3 is 1.28 bits per heavy atom. The van der Waals surface area contributed by atoms with Crippen LogP contribution in [0, 0.1) is 41.5 Å². The molecule has 0 bridgehead atoms. The van der Waals surface area contributed by atoms with E-state index in [0.29, 0.717) is 47.8 Å². The van der Waals surface area contributed by atoms with Crippen LogP contribution in [0.25, 0.3) is 44.3 Å². The van der Waals surface area contributed by atoms with Gasteiger partial charge in [0.25, 0.3) is 9.05 Å². The van der Waals surface area contributed by atoms with Crippen molar-refractivity contribution in [3.63, 3.8) is 0 Å². The van der Waals surface area contributed by atoms with Crippen LogP contribution >= 0.6 is 54.9 Å². The van der Waals surface area contributed by atoms with Gasteiger partial charge >= 0.3 is 0 Å². The van der Waals surface area contributed by atoms with Crippen molar-refractivity contribution < 1.29 is 25.3 Å². The quantitative estimate of drug-likeness (QED) is 0.0530. The number of rotatable bonds is 17. The number of aryl methyl sites for hydroxylation is 6. The van der Waals surface area contributed by atoms with E-state index < -0.39 is 29.1 Å². The average Bonchev–Trinajstić information content (AvgIpc) is 0.987. The second-order valence-electron chi connectivity index (χ2n) is 21.2. The van der Waals surface area contributed by atoms with E-state index in [0.717, 1.165) is 56.4 Å². The summed E-state index contributed by atoms with van der Waals surface area (Å²) in [6, 6.07) is 40.3. The number of likely N-dealkylation sites (N-methyl/N-ethyl adjacent to an activating group) is 3. The lowest BCUT2D eigenvalue weighted by molar-refractivity contribution is 0.412. The molecule has 478 valence electrons. The molecule has 0 aliphatic heterocycles. The zero-order chi connectivity index (χ0) is 65.1. The summed E-state index contributed by atoms with van der Waals surface area (Å²) >= 11 is 6.38. The lowest BCUT2D eigenvalue weighted by Gasteiger charge is -2.13. The van der Waals surface area contributed by atoms with Gasteiger partial charge in [-0.15, -0.1) is 32.8 Å². The molecule has 0 saturated heterocycles. The fourth-order valence-corrected chi connectivity index (χ4v) is 12.7. The molecule has 89 heavy (non-hydrogen) atoms. The molecule has 20 nitrogen and oxygen atoms in total. The Labute approximate surface area is 551 Å². The molecule has 0 spiro atoms. The Balaban J connectivity index is 0.000000266. The maximum Gasteiger partial charge on any atom is 0.261 e. The number of nitrogens with two attached hydrogens (primary N) is 2. The molecule has 7 aromatic carbocycles. The first kappa shape index (κ1) is 75.3. The van der Waals surface area contributed by atoms with Crippen molar-refractivity contribution in [2.45, 2.75) is 56.2 Å². The summed E-state index contributed by atoms with van der Waals surface area (Å²) in [6.07, 6.45) is 0. The van der Waals surface area contributed by atoms with Crippen LogP contribution in [-0.2, 0) is 29.1 Å². The van der Waals surface area contributed by atoms with Gasteiger partial charge in [-0.05, 0) is 218 Å². The molecule has 9 rings (SSSR count). The van der Waals surface area contributed by atoms with E-state index >= 15 is 0 Å². The van der Waals surface area contributed by atoms with Gasteiger partial charge in [-0.25, -0.2) is 44.7 Å². The minimum absolute atomic E-state index is 0. The van der Waals surface area contributed by atoms with Crippen LogP contribution in [0.1, 0.15) is 33.4 Å². The molecule has 27 heteroatoms. The van der Waals surface area contributed by atoms with Crippen LogP contribution in [0.5, 0.6) is 0 Å². The maximum absolute atomic E-state index is 12.6. The van der Waals surface area contributed by atoms with Crippen LogP contribution in [0.4, 0.5) is 17.6 Å². The largest absolute Gasteiger partial charge is 0.366 e. The first-order valence-electron chi connectivity index (χ1n) is 27.5. The summed E-state index contributed by atoms with van der Waals surface area (Å²) in [5.74, 6) is 0.510. The van der Waals surface area contributed by atoms with E-state index in [1.54, 1.807) is 60.7 Å². The fraction of sp³-hybridized carbons (Fsp3) is 0.290. The Kier molecular flexibility index (Phi) is 29.5. The van der Waals surface area contributed by atoms with Crippen molar-refractivity contribution in [2.24, 2.45) is 5.73 Å². The minimum Gasteiger partial charge on any atom is -0.366 e. The standard InChI is InChI=1S/C26H30N6O2S.C16H16N4.C10H15BrN2O2S.C6H4BrClO2S.C4H12N2.ClH/c1-17-8-6-9-18(2)24(17)20-14-19(3)25-23(15-20)30-31-26(29-25)28-21-10-7-11-22(16-21)35(33,34)27-12-13-32(4)5;1-9-5-4-6-10(2)14(9)12-7-11(3)15-13(8-12)19-20-16(17)18-15;1-13(2)7-6-12-16(14,15)10-5-3-4-9(11)8-10;7-5-2-1-3-6(4-5)11(8,9)10;1-6(2)4-3-5;/h6-11,14-16,27H,12-13H2,1-5H3,(H,28,29,31);4-8H,1-3H3,(H2,17,18,20);3-5,8,12H,6-7H2,1-2H3;1-4H;3-5H2,1-2H3;1H. The smallest absolute Gasteiger partial charge is 0.261 e. The predicted molar refractivity (Wildman–Crippen MR) is 372 cm³/mol. The predicted octanol–water partition coefficient (Wildman–Crippen LogP) is 11.0. The van der Waals surface area contributed by atoms with Gasteiger partial charge in [0.15, 0.2) is 0 Å². The second kappa shape index (κ2) is 34.9. The van der Waals surface area contributed by atoms with Crippen molar-refractivity contribution in [1.82, 2.24) is 54.5 Å².